The molecule has 0 spiro atoms. The third-order valence-electron chi connectivity index (χ3n) is 5.29. The summed E-state index contributed by atoms with van der Waals surface area (Å²) in [5.74, 6) is -0.415. The number of carboxylic acid groups (broad SMARTS) is 1. The van der Waals surface area contributed by atoms with Crippen molar-refractivity contribution in [3.8, 4) is 0 Å². The summed E-state index contributed by atoms with van der Waals surface area (Å²) >= 11 is 3.04. The van der Waals surface area contributed by atoms with Gasteiger partial charge in [-0.3, -0.25) is 4.99 Å². The highest BCUT2D eigenvalue weighted by atomic mass is 32.2. The van der Waals surface area contributed by atoms with Crippen molar-refractivity contribution in [2.45, 2.75) is 19.1 Å². The van der Waals surface area contributed by atoms with Crippen LogP contribution in [-0.4, -0.2) is 32.9 Å². The number of hydrogen-bond donors (Lipinski definition) is 1. The van der Waals surface area contributed by atoms with Crippen LogP contribution in [0.4, 0.5) is 5.69 Å². The Bertz CT molecular complexity index is 1230. The van der Waals surface area contributed by atoms with Crippen LogP contribution in [0.1, 0.15) is 16.1 Å². The number of thiazole rings is 1. The minimum Gasteiger partial charge on any atom is -0.480 e. The standard InChI is InChI=1S/C25H21N3O2S2/c29-25(30)21-16-31-23(27-21)24-26-20-12-11-19(13-22(20)32-24)28(14-17-7-3-1-4-8-17)15-18-9-5-2-6-10-18/h1-13,21H,14-16H2,(H,29,30). The first-order chi connectivity index (χ1) is 15.7. The number of hydrogen-bond acceptors (Lipinski definition) is 6. The summed E-state index contributed by atoms with van der Waals surface area (Å²) in [6.45, 7) is 1.60. The van der Waals surface area contributed by atoms with Crippen LogP contribution in [0.3, 0.4) is 0 Å². The molecule has 1 aliphatic heterocycles. The van der Waals surface area contributed by atoms with Crippen molar-refractivity contribution in [2.24, 2.45) is 4.99 Å². The number of anilines is 1. The van der Waals surface area contributed by atoms with Crippen LogP contribution in [0.5, 0.6) is 0 Å². The van der Waals surface area contributed by atoms with E-state index in [0.717, 1.165) is 39.0 Å². The highest BCUT2D eigenvalue weighted by molar-refractivity contribution is 8.15. The molecule has 0 bridgehead atoms. The lowest BCUT2D eigenvalue weighted by Gasteiger charge is -2.25. The number of aromatic nitrogens is 1. The van der Waals surface area contributed by atoms with Crippen LogP contribution in [0.2, 0.25) is 0 Å². The van der Waals surface area contributed by atoms with Gasteiger partial charge in [0.15, 0.2) is 6.04 Å². The summed E-state index contributed by atoms with van der Waals surface area (Å²) in [7, 11) is 0. The topological polar surface area (TPSA) is 65.8 Å². The molecule has 32 heavy (non-hydrogen) atoms. The maximum absolute atomic E-state index is 11.2. The molecule has 1 aromatic heterocycles. The van der Waals surface area contributed by atoms with Crippen LogP contribution in [0, 0.1) is 0 Å². The van der Waals surface area contributed by atoms with Crippen molar-refractivity contribution in [1.29, 1.82) is 0 Å². The average molecular weight is 460 g/mol. The quantitative estimate of drug-likeness (QED) is 0.398. The van der Waals surface area contributed by atoms with Crippen LogP contribution < -0.4 is 4.90 Å². The Morgan fingerprint density at radius 2 is 1.62 bits per heavy atom. The molecule has 0 amide bonds. The average Bonchev–Trinajstić information content (AvgIpc) is 3.47. The molecule has 0 saturated heterocycles. The van der Waals surface area contributed by atoms with Gasteiger partial charge in [0.25, 0.3) is 0 Å². The van der Waals surface area contributed by atoms with E-state index in [2.05, 4.69) is 70.6 Å². The van der Waals surface area contributed by atoms with Gasteiger partial charge in [0.05, 0.1) is 10.2 Å². The maximum Gasteiger partial charge on any atom is 0.329 e. The molecule has 4 aromatic rings. The maximum atomic E-state index is 11.2. The van der Waals surface area contributed by atoms with Gasteiger partial charge in [-0.05, 0) is 29.3 Å². The van der Waals surface area contributed by atoms with Crippen molar-refractivity contribution in [1.82, 2.24) is 4.98 Å². The second-order valence-electron chi connectivity index (χ2n) is 7.60. The summed E-state index contributed by atoms with van der Waals surface area (Å²) in [5, 5.41) is 10.7. The molecule has 3 aromatic carbocycles. The van der Waals surface area contributed by atoms with Gasteiger partial charge in [0.1, 0.15) is 10.1 Å². The molecule has 0 aliphatic carbocycles. The molecule has 0 saturated carbocycles. The Morgan fingerprint density at radius 3 is 2.22 bits per heavy atom. The monoisotopic (exact) mass is 459 g/mol. The molecule has 2 heterocycles. The first-order valence-electron chi connectivity index (χ1n) is 10.3. The van der Waals surface area contributed by atoms with Gasteiger partial charge in [0, 0.05) is 24.5 Å². The van der Waals surface area contributed by atoms with Crippen LogP contribution in [0.25, 0.3) is 10.2 Å². The van der Waals surface area contributed by atoms with Crippen LogP contribution in [-0.2, 0) is 17.9 Å². The highest BCUT2D eigenvalue weighted by Gasteiger charge is 2.27. The van der Waals surface area contributed by atoms with Gasteiger partial charge < -0.3 is 10.0 Å². The molecule has 1 aliphatic rings. The molecule has 160 valence electrons. The van der Waals surface area contributed by atoms with Crippen LogP contribution >= 0.6 is 23.1 Å². The molecule has 0 radical (unpaired) electrons. The van der Waals surface area contributed by atoms with Crippen molar-refractivity contribution in [3.05, 3.63) is 95.0 Å². The van der Waals surface area contributed by atoms with E-state index in [1.165, 1.54) is 22.9 Å². The third kappa shape index (κ3) is 4.54. The minimum atomic E-state index is -0.881. The summed E-state index contributed by atoms with van der Waals surface area (Å²) in [6.07, 6.45) is 0. The normalized spacial score (nSPS) is 15.6. The lowest BCUT2D eigenvalue weighted by molar-refractivity contribution is -0.137. The molecular formula is C25H21N3O2S2. The lowest BCUT2D eigenvalue weighted by Crippen LogP contribution is -2.22. The Balaban J connectivity index is 1.46. The molecule has 7 heteroatoms. The van der Waals surface area contributed by atoms with Gasteiger partial charge in [-0.1, -0.05) is 60.7 Å². The fraction of sp³-hybridized carbons (Fsp3) is 0.160. The summed E-state index contributed by atoms with van der Waals surface area (Å²) in [4.78, 5) is 22.6. The lowest BCUT2D eigenvalue weighted by atomic mass is 10.1. The van der Waals surface area contributed by atoms with E-state index in [4.69, 9.17) is 4.98 Å². The van der Waals surface area contributed by atoms with E-state index in [1.54, 1.807) is 11.3 Å². The van der Waals surface area contributed by atoms with Gasteiger partial charge >= 0.3 is 5.97 Å². The first-order valence-corrected chi connectivity index (χ1v) is 12.1. The summed E-state index contributed by atoms with van der Waals surface area (Å²) in [5.41, 5.74) is 4.55. The van der Waals surface area contributed by atoms with E-state index in [9.17, 15) is 9.90 Å². The fourth-order valence-corrected chi connectivity index (χ4v) is 5.76. The number of rotatable bonds is 7. The zero-order valence-electron chi connectivity index (χ0n) is 17.2. The zero-order valence-corrected chi connectivity index (χ0v) is 18.9. The van der Waals surface area contributed by atoms with Crippen molar-refractivity contribution in [3.63, 3.8) is 0 Å². The Hall–Kier alpha value is -3.16. The SMILES string of the molecule is O=C(O)C1CSC(c2nc3ccc(N(Cc4ccccc4)Cc4ccccc4)cc3s2)=N1. The minimum absolute atomic E-state index is 0.466. The van der Waals surface area contributed by atoms with Gasteiger partial charge in [-0.25, -0.2) is 9.78 Å². The van der Waals surface area contributed by atoms with Gasteiger partial charge in [-0.15, -0.1) is 23.1 Å². The van der Waals surface area contributed by atoms with Crippen molar-refractivity contribution < 1.29 is 9.90 Å². The molecule has 0 fully saturated rings. The number of carbonyl (C=O) groups is 1. The fourth-order valence-electron chi connectivity index (χ4n) is 3.66. The number of fused-ring (bicyclic) bond motifs is 1. The van der Waals surface area contributed by atoms with E-state index in [1.807, 2.05) is 18.2 Å². The number of carboxylic acids is 1. The number of nitrogens with zero attached hydrogens (tertiary/aromatic N) is 3. The van der Waals surface area contributed by atoms with E-state index >= 15 is 0 Å². The summed E-state index contributed by atoms with van der Waals surface area (Å²) in [6, 6.07) is 26.6. The van der Waals surface area contributed by atoms with Crippen molar-refractivity contribution >= 4 is 50.0 Å². The zero-order chi connectivity index (χ0) is 21.9. The second kappa shape index (κ2) is 9.14. The van der Waals surface area contributed by atoms with Crippen LogP contribution in [0.15, 0.2) is 83.9 Å². The molecule has 1 unspecified atom stereocenters. The Morgan fingerprint density at radius 1 is 0.969 bits per heavy atom. The molecular weight excluding hydrogens is 438 g/mol. The largest absolute Gasteiger partial charge is 0.480 e. The Kier molecular flexibility index (Phi) is 5.92. The predicted octanol–water partition coefficient (Wildman–Crippen LogP) is 5.45. The second-order valence-corrected chi connectivity index (χ2v) is 9.64. The van der Waals surface area contributed by atoms with Gasteiger partial charge in [0.2, 0.25) is 0 Å². The number of aliphatic carboxylic acids is 1. The van der Waals surface area contributed by atoms with Crippen molar-refractivity contribution in [2.75, 3.05) is 10.7 Å². The predicted molar refractivity (Wildman–Crippen MR) is 133 cm³/mol. The van der Waals surface area contributed by atoms with E-state index < -0.39 is 12.0 Å². The molecule has 1 atom stereocenters. The smallest absolute Gasteiger partial charge is 0.329 e. The van der Waals surface area contributed by atoms with Gasteiger partial charge in [-0.2, -0.15) is 0 Å². The number of aliphatic imine (C=N–C) groups is 1. The molecule has 5 rings (SSSR count). The Labute approximate surface area is 194 Å². The molecule has 5 nitrogen and oxygen atoms in total. The van der Waals surface area contributed by atoms with E-state index in [0.29, 0.717) is 5.75 Å². The number of benzene rings is 3. The van der Waals surface area contributed by atoms with E-state index in [-0.39, 0.29) is 0 Å². The number of thioether (sulfide) groups is 1. The summed E-state index contributed by atoms with van der Waals surface area (Å²) < 4.78 is 1.07. The first kappa shape index (κ1) is 20.7. The third-order valence-corrected chi connectivity index (χ3v) is 7.50. The molecule has 1 N–H and O–H groups in total. The highest BCUT2D eigenvalue weighted by Crippen LogP contribution is 2.32.